The highest BCUT2D eigenvalue weighted by Crippen LogP contribution is 2.25. The smallest absolute Gasteiger partial charge is 0.192 e. The fourth-order valence-electron chi connectivity index (χ4n) is 2.00. The Kier molecular flexibility index (Phi) is 6.24. The van der Waals surface area contributed by atoms with Crippen LogP contribution in [0.5, 0.6) is 0 Å². The first-order chi connectivity index (χ1) is 11.0. The van der Waals surface area contributed by atoms with E-state index in [9.17, 15) is 0 Å². The monoisotopic (exact) mass is 354 g/mol. The molecule has 0 amide bonds. The maximum atomic E-state index is 6.08. The predicted molar refractivity (Wildman–Crippen MR) is 93.8 cm³/mol. The Morgan fingerprint density at radius 1 is 1.35 bits per heavy atom. The molecule has 0 aliphatic carbocycles. The van der Waals surface area contributed by atoms with Crippen LogP contribution < -0.4 is 10.6 Å². The molecule has 2 rings (SSSR count). The molecule has 0 aliphatic rings. The first-order valence-electron chi connectivity index (χ1n) is 7.34. The van der Waals surface area contributed by atoms with E-state index in [0.29, 0.717) is 22.5 Å². The second kappa shape index (κ2) is 8.17. The van der Waals surface area contributed by atoms with Crippen molar-refractivity contribution in [3.63, 3.8) is 0 Å². The van der Waals surface area contributed by atoms with Crippen molar-refractivity contribution in [2.75, 3.05) is 6.54 Å². The minimum absolute atomic E-state index is 0.0297. The Bertz CT molecular complexity index is 682. The number of halogens is 2. The summed E-state index contributed by atoms with van der Waals surface area (Å²) in [5.41, 5.74) is 1.03. The van der Waals surface area contributed by atoms with Crippen molar-refractivity contribution in [2.45, 2.75) is 26.4 Å². The number of nitrogens with zero attached hydrogens (tertiary/aromatic N) is 4. The molecule has 1 unspecified atom stereocenters. The lowest BCUT2D eigenvalue weighted by molar-refractivity contribution is 0.672. The first kappa shape index (κ1) is 17.6. The maximum absolute atomic E-state index is 6.08. The quantitative estimate of drug-likeness (QED) is 0.639. The lowest BCUT2D eigenvalue weighted by Crippen LogP contribution is -2.38. The molecule has 0 aliphatic heterocycles. The van der Waals surface area contributed by atoms with E-state index in [-0.39, 0.29) is 6.04 Å². The highest BCUT2D eigenvalue weighted by Gasteiger charge is 2.10. The average molecular weight is 355 g/mol. The van der Waals surface area contributed by atoms with Gasteiger partial charge in [0.15, 0.2) is 5.96 Å². The van der Waals surface area contributed by atoms with Crippen LogP contribution in [0.15, 0.2) is 29.5 Å². The molecule has 1 heterocycles. The summed E-state index contributed by atoms with van der Waals surface area (Å²) in [4.78, 5) is 8.70. The van der Waals surface area contributed by atoms with Gasteiger partial charge in [0.25, 0.3) is 0 Å². The van der Waals surface area contributed by atoms with E-state index in [1.165, 1.54) is 6.33 Å². The van der Waals surface area contributed by atoms with Gasteiger partial charge in [0.2, 0.25) is 0 Å². The van der Waals surface area contributed by atoms with Crippen LogP contribution in [0.2, 0.25) is 10.0 Å². The Morgan fingerprint density at radius 3 is 2.74 bits per heavy atom. The van der Waals surface area contributed by atoms with Crippen molar-refractivity contribution in [1.82, 2.24) is 25.4 Å². The third kappa shape index (κ3) is 4.84. The van der Waals surface area contributed by atoms with Crippen LogP contribution in [-0.2, 0) is 13.6 Å². The number of aryl methyl sites for hydroxylation is 1. The lowest BCUT2D eigenvalue weighted by atomic mass is 10.1. The molecule has 1 atom stereocenters. The summed E-state index contributed by atoms with van der Waals surface area (Å²) in [6.07, 6.45) is 1.52. The Hall–Kier alpha value is -1.79. The molecule has 0 saturated heterocycles. The van der Waals surface area contributed by atoms with Gasteiger partial charge in [-0.1, -0.05) is 29.3 Å². The van der Waals surface area contributed by atoms with E-state index in [4.69, 9.17) is 23.2 Å². The predicted octanol–water partition coefficient (Wildman–Crippen LogP) is 2.94. The van der Waals surface area contributed by atoms with E-state index >= 15 is 0 Å². The second-order valence-electron chi connectivity index (χ2n) is 5.03. The van der Waals surface area contributed by atoms with Gasteiger partial charge in [0.05, 0.1) is 16.1 Å². The Morgan fingerprint density at radius 2 is 2.13 bits per heavy atom. The molecule has 1 aromatic carbocycles. The van der Waals surface area contributed by atoms with Crippen LogP contribution in [0.3, 0.4) is 0 Å². The fourth-order valence-corrected chi connectivity index (χ4v) is 2.31. The minimum atomic E-state index is 0.0297. The fraction of sp³-hybridized carbons (Fsp3) is 0.400. The number of hydrogen-bond donors (Lipinski definition) is 2. The van der Waals surface area contributed by atoms with Gasteiger partial charge in [-0.2, -0.15) is 5.10 Å². The van der Waals surface area contributed by atoms with Gasteiger partial charge in [-0.25, -0.2) is 9.98 Å². The molecule has 0 bridgehead atoms. The van der Waals surface area contributed by atoms with Gasteiger partial charge < -0.3 is 10.6 Å². The number of aromatic nitrogens is 3. The molecule has 8 heteroatoms. The highest BCUT2D eigenvalue weighted by atomic mass is 35.5. The van der Waals surface area contributed by atoms with Crippen LogP contribution in [-0.4, -0.2) is 27.3 Å². The molecule has 0 spiro atoms. The number of rotatable bonds is 5. The number of guanidine groups is 1. The van der Waals surface area contributed by atoms with Crippen LogP contribution in [0.4, 0.5) is 0 Å². The zero-order valence-corrected chi connectivity index (χ0v) is 14.9. The standard InChI is InChI=1S/C15H20Cl2N6/c1-4-18-15(19-8-14-20-9-21-23(14)3)22-10(2)11-5-6-12(16)13(17)7-11/h5-7,9-10H,4,8H2,1-3H3,(H2,18,19,22). The summed E-state index contributed by atoms with van der Waals surface area (Å²) >= 11 is 12.0. The summed E-state index contributed by atoms with van der Waals surface area (Å²) < 4.78 is 1.70. The van der Waals surface area contributed by atoms with E-state index in [0.717, 1.165) is 17.9 Å². The summed E-state index contributed by atoms with van der Waals surface area (Å²) in [5.74, 6) is 1.50. The molecule has 1 aromatic heterocycles. The van der Waals surface area contributed by atoms with Crippen molar-refractivity contribution in [2.24, 2.45) is 12.0 Å². The highest BCUT2D eigenvalue weighted by molar-refractivity contribution is 6.42. The van der Waals surface area contributed by atoms with Gasteiger partial charge in [0, 0.05) is 13.6 Å². The van der Waals surface area contributed by atoms with Crippen molar-refractivity contribution in [3.05, 3.63) is 46.0 Å². The van der Waals surface area contributed by atoms with Crippen LogP contribution in [0, 0.1) is 0 Å². The zero-order chi connectivity index (χ0) is 16.8. The Balaban J connectivity index is 2.08. The maximum Gasteiger partial charge on any atom is 0.192 e. The molecule has 0 fully saturated rings. The molecule has 2 N–H and O–H groups in total. The van der Waals surface area contributed by atoms with E-state index in [2.05, 4.69) is 25.7 Å². The molecule has 6 nitrogen and oxygen atoms in total. The topological polar surface area (TPSA) is 67.1 Å². The third-order valence-electron chi connectivity index (χ3n) is 3.32. The van der Waals surface area contributed by atoms with Crippen molar-refractivity contribution >= 4 is 29.2 Å². The van der Waals surface area contributed by atoms with Crippen molar-refractivity contribution in [1.29, 1.82) is 0 Å². The van der Waals surface area contributed by atoms with Crippen molar-refractivity contribution < 1.29 is 0 Å². The van der Waals surface area contributed by atoms with Gasteiger partial charge >= 0.3 is 0 Å². The number of nitrogens with one attached hydrogen (secondary N) is 2. The van der Waals surface area contributed by atoms with Gasteiger partial charge in [-0.3, -0.25) is 4.68 Å². The van der Waals surface area contributed by atoms with Gasteiger partial charge in [-0.05, 0) is 31.5 Å². The zero-order valence-electron chi connectivity index (χ0n) is 13.3. The summed E-state index contributed by atoms with van der Waals surface area (Å²) in [5, 5.41) is 11.7. The second-order valence-corrected chi connectivity index (χ2v) is 5.85. The van der Waals surface area contributed by atoms with E-state index in [1.54, 1.807) is 10.7 Å². The number of benzene rings is 1. The average Bonchev–Trinajstić information content (AvgIpc) is 2.93. The molecule has 2 aromatic rings. The van der Waals surface area contributed by atoms with Crippen LogP contribution >= 0.6 is 23.2 Å². The largest absolute Gasteiger partial charge is 0.357 e. The van der Waals surface area contributed by atoms with E-state index in [1.807, 2.05) is 33.0 Å². The molecule has 124 valence electrons. The van der Waals surface area contributed by atoms with Crippen molar-refractivity contribution in [3.8, 4) is 0 Å². The van der Waals surface area contributed by atoms with Gasteiger partial charge in [0.1, 0.15) is 18.7 Å². The molecule has 0 radical (unpaired) electrons. The summed E-state index contributed by atoms with van der Waals surface area (Å²) in [7, 11) is 1.84. The molecule has 0 saturated carbocycles. The SMILES string of the molecule is CCNC(=NCc1ncnn1C)NC(C)c1ccc(Cl)c(Cl)c1. The van der Waals surface area contributed by atoms with Crippen LogP contribution in [0.1, 0.15) is 31.3 Å². The molecule has 23 heavy (non-hydrogen) atoms. The lowest BCUT2D eigenvalue weighted by Gasteiger charge is -2.18. The van der Waals surface area contributed by atoms with E-state index < -0.39 is 0 Å². The third-order valence-corrected chi connectivity index (χ3v) is 4.06. The summed E-state index contributed by atoms with van der Waals surface area (Å²) in [6.45, 7) is 5.26. The van der Waals surface area contributed by atoms with Gasteiger partial charge in [-0.15, -0.1) is 0 Å². The van der Waals surface area contributed by atoms with Crippen LogP contribution in [0.25, 0.3) is 0 Å². The Labute approximate surface area is 145 Å². The molecular formula is C15H20Cl2N6. The number of aliphatic imine (C=N–C) groups is 1. The molecular weight excluding hydrogens is 335 g/mol. The first-order valence-corrected chi connectivity index (χ1v) is 8.09. The minimum Gasteiger partial charge on any atom is -0.357 e. The normalized spacial score (nSPS) is 13.0. The summed E-state index contributed by atoms with van der Waals surface area (Å²) in [6, 6.07) is 5.62. The number of hydrogen-bond acceptors (Lipinski definition) is 3.